The maximum atomic E-state index is 6.35. The highest BCUT2D eigenvalue weighted by molar-refractivity contribution is 5.78. The first-order valence-electron chi connectivity index (χ1n) is 6.50. The van der Waals surface area contributed by atoms with Gasteiger partial charge in [-0.25, -0.2) is 9.97 Å². The lowest BCUT2D eigenvalue weighted by molar-refractivity contribution is 0.287. The Hall–Kier alpha value is -1.68. The van der Waals surface area contributed by atoms with E-state index >= 15 is 0 Å². The van der Waals surface area contributed by atoms with E-state index < -0.39 is 0 Å². The molecule has 2 aromatic rings. The normalized spacial score (nSPS) is 21.9. The van der Waals surface area contributed by atoms with Gasteiger partial charge in [0.1, 0.15) is 0 Å². The van der Waals surface area contributed by atoms with Crippen LogP contribution in [0, 0.1) is 5.92 Å². The van der Waals surface area contributed by atoms with Crippen LogP contribution in [0.1, 0.15) is 12.8 Å². The summed E-state index contributed by atoms with van der Waals surface area (Å²) in [5, 5.41) is 1.09. The fraction of sp³-hybridized carbons (Fsp3) is 0.429. The second kappa shape index (κ2) is 3.42. The molecule has 1 aliphatic heterocycles. The van der Waals surface area contributed by atoms with Crippen LogP contribution in [0.5, 0.6) is 0 Å². The highest BCUT2D eigenvalue weighted by atomic mass is 15.3. The molecule has 0 unspecified atom stereocenters. The number of hydrogen-bond acceptors (Lipinski definition) is 4. The molecule has 2 heterocycles. The number of hydrogen-bond donors (Lipinski definition) is 1. The van der Waals surface area contributed by atoms with Crippen LogP contribution in [-0.4, -0.2) is 28.6 Å². The van der Waals surface area contributed by atoms with Gasteiger partial charge in [-0.15, -0.1) is 0 Å². The van der Waals surface area contributed by atoms with Crippen molar-refractivity contribution in [3.8, 4) is 0 Å². The first-order valence-corrected chi connectivity index (χ1v) is 6.50. The van der Waals surface area contributed by atoms with E-state index in [1.165, 1.54) is 12.8 Å². The third-order valence-electron chi connectivity index (χ3n) is 4.12. The van der Waals surface area contributed by atoms with Gasteiger partial charge in [0.2, 0.25) is 5.95 Å². The molecule has 2 N–H and O–H groups in total. The Morgan fingerprint density at radius 1 is 1.22 bits per heavy atom. The van der Waals surface area contributed by atoms with Crippen LogP contribution in [0.2, 0.25) is 0 Å². The molecule has 4 nitrogen and oxygen atoms in total. The summed E-state index contributed by atoms with van der Waals surface area (Å²) in [7, 11) is 0. The van der Waals surface area contributed by atoms with Crippen molar-refractivity contribution < 1.29 is 0 Å². The zero-order chi connectivity index (χ0) is 12.2. The Kier molecular flexibility index (Phi) is 1.95. The topological polar surface area (TPSA) is 55.0 Å². The Morgan fingerprint density at radius 3 is 2.78 bits per heavy atom. The van der Waals surface area contributed by atoms with Gasteiger partial charge in [-0.3, -0.25) is 0 Å². The minimum atomic E-state index is 0.0228. The summed E-state index contributed by atoms with van der Waals surface area (Å²) < 4.78 is 0. The third-order valence-corrected chi connectivity index (χ3v) is 4.12. The van der Waals surface area contributed by atoms with Gasteiger partial charge in [-0.1, -0.05) is 18.2 Å². The largest absolute Gasteiger partial charge is 0.337 e. The molecule has 0 amide bonds. The van der Waals surface area contributed by atoms with E-state index in [1.807, 2.05) is 30.5 Å². The molecule has 2 aliphatic rings. The Labute approximate surface area is 106 Å². The van der Waals surface area contributed by atoms with Crippen molar-refractivity contribution in [1.82, 2.24) is 9.97 Å². The van der Waals surface area contributed by atoms with Crippen LogP contribution >= 0.6 is 0 Å². The lowest BCUT2D eigenvalue weighted by Crippen LogP contribution is -2.69. The maximum Gasteiger partial charge on any atom is 0.226 e. The van der Waals surface area contributed by atoms with E-state index in [9.17, 15) is 0 Å². The van der Waals surface area contributed by atoms with Gasteiger partial charge in [0.25, 0.3) is 0 Å². The molecule has 4 heteroatoms. The molecule has 0 atom stereocenters. The summed E-state index contributed by atoms with van der Waals surface area (Å²) in [6.07, 6.45) is 4.48. The van der Waals surface area contributed by atoms with Crippen molar-refractivity contribution in [3.63, 3.8) is 0 Å². The zero-order valence-corrected chi connectivity index (χ0v) is 10.2. The minimum Gasteiger partial charge on any atom is -0.337 e. The first-order chi connectivity index (χ1) is 8.74. The predicted molar refractivity (Wildman–Crippen MR) is 71.4 cm³/mol. The zero-order valence-electron chi connectivity index (χ0n) is 10.2. The van der Waals surface area contributed by atoms with Crippen molar-refractivity contribution in [1.29, 1.82) is 0 Å². The molecular weight excluding hydrogens is 224 g/mol. The molecule has 2 fully saturated rings. The number of aromatic nitrogens is 2. The molecule has 1 aliphatic carbocycles. The van der Waals surface area contributed by atoms with Crippen LogP contribution in [0.25, 0.3) is 10.9 Å². The molecule has 1 saturated carbocycles. The lowest BCUT2D eigenvalue weighted by Gasteiger charge is -2.48. The Balaban J connectivity index is 1.60. The molecule has 0 spiro atoms. The lowest BCUT2D eigenvalue weighted by atomic mass is 9.86. The summed E-state index contributed by atoms with van der Waals surface area (Å²) in [5.41, 5.74) is 7.38. The Morgan fingerprint density at radius 2 is 2.00 bits per heavy atom. The molecule has 1 aromatic heterocycles. The smallest absolute Gasteiger partial charge is 0.226 e. The molecule has 0 bridgehead atoms. The predicted octanol–water partition coefficient (Wildman–Crippen LogP) is 1.56. The summed E-state index contributed by atoms with van der Waals surface area (Å²) in [6, 6.07) is 8.07. The molecular formula is C14H16N4. The van der Waals surface area contributed by atoms with Crippen LogP contribution in [0.4, 0.5) is 5.95 Å². The monoisotopic (exact) mass is 240 g/mol. The summed E-state index contributed by atoms with van der Waals surface area (Å²) in [5.74, 6) is 1.55. The van der Waals surface area contributed by atoms with E-state index in [-0.39, 0.29) is 5.54 Å². The molecule has 4 rings (SSSR count). The summed E-state index contributed by atoms with van der Waals surface area (Å²) in [6.45, 7) is 1.80. The van der Waals surface area contributed by atoms with Crippen molar-refractivity contribution in [2.45, 2.75) is 18.4 Å². The van der Waals surface area contributed by atoms with E-state index in [4.69, 9.17) is 5.73 Å². The van der Waals surface area contributed by atoms with E-state index in [1.54, 1.807) is 0 Å². The molecule has 1 aromatic carbocycles. The highest BCUT2D eigenvalue weighted by Gasteiger charge is 2.51. The average molecular weight is 240 g/mol. The van der Waals surface area contributed by atoms with E-state index in [0.29, 0.717) is 0 Å². The fourth-order valence-electron chi connectivity index (χ4n) is 2.84. The van der Waals surface area contributed by atoms with Crippen LogP contribution < -0.4 is 10.6 Å². The first kappa shape index (κ1) is 10.3. The minimum absolute atomic E-state index is 0.0228. The second-order valence-electron chi connectivity index (χ2n) is 5.59. The highest BCUT2D eigenvalue weighted by Crippen LogP contribution is 2.43. The fourth-order valence-corrected chi connectivity index (χ4v) is 2.84. The van der Waals surface area contributed by atoms with Gasteiger partial charge < -0.3 is 10.6 Å². The van der Waals surface area contributed by atoms with Gasteiger partial charge in [0.05, 0.1) is 11.1 Å². The number of nitrogens with two attached hydrogens (primary N) is 1. The number of anilines is 1. The van der Waals surface area contributed by atoms with Gasteiger partial charge >= 0.3 is 0 Å². The van der Waals surface area contributed by atoms with Crippen molar-refractivity contribution >= 4 is 16.9 Å². The summed E-state index contributed by atoms with van der Waals surface area (Å²) >= 11 is 0. The summed E-state index contributed by atoms with van der Waals surface area (Å²) in [4.78, 5) is 11.2. The molecule has 1 saturated heterocycles. The van der Waals surface area contributed by atoms with Crippen molar-refractivity contribution in [2.24, 2.45) is 11.7 Å². The molecule has 0 radical (unpaired) electrons. The average Bonchev–Trinajstić information content (AvgIpc) is 3.19. The number of fused-ring (bicyclic) bond motifs is 1. The van der Waals surface area contributed by atoms with Gasteiger partial charge in [0, 0.05) is 24.7 Å². The van der Waals surface area contributed by atoms with Gasteiger partial charge in [-0.2, -0.15) is 0 Å². The van der Waals surface area contributed by atoms with Crippen molar-refractivity contribution in [2.75, 3.05) is 18.0 Å². The van der Waals surface area contributed by atoms with E-state index in [2.05, 4.69) is 14.9 Å². The SMILES string of the molecule is NC1(C2CC2)CN(c2ncc3ccccc3n2)C1. The quantitative estimate of drug-likeness (QED) is 0.865. The number of rotatable bonds is 2. The number of nitrogens with zero attached hydrogens (tertiary/aromatic N) is 3. The number of benzene rings is 1. The number of para-hydroxylation sites is 1. The second-order valence-corrected chi connectivity index (χ2v) is 5.59. The Bertz CT molecular complexity index is 600. The van der Waals surface area contributed by atoms with Gasteiger partial charge in [-0.05, 0) is 24.8 Å². The van der Waals surface area contributed by atoms with Crippen molar-refractivity contribution in [3.05, 3.63) is 30.5 Å². The van der Waals surface area contributed by atoms with Crippen LogP contribution in [-0.2, 0) is 0 Å². The molecule has 92 valence electrons. The van der Waals surface area contributed by atoms with Crippen LogP contribution in [0.3, 0.4) is 0 Å². The van der Waals surface area contributed by atoms with Crippen LogP contribution in [0.15, 0.2) is 30.5 Å². The molecule has 18 heavy (non-hydrogen) atoms. The van der Waals surface area contributed by atoms with Gasteiger partial charge in [0.15, 0.2) is 0 Å². The third kappa shape index (κ3) is 1.49. The maximum absolute atomic E-state index is 6.35. The standard InChI is InChI=1S/C14H16N4/c15-14(11-5-6-11)8-18(9-14)13-16-7-10-3-1-2-4-12(10)17-13/h1-4,7,11H,5-6,8-9,15H2. The van der Waals surface area contributed by atoms with E-state index in [0.717, 1.165) is 35.9 Å².